The third kappa shape index (κ3) is 3.84. The van der Waals surface area contributed by atoms with Crippen LogP contribution in [0.3, 0.4) is 0 Å². The van der Waals surface area contributed by atoms with Gasteiger partial charge in [0.1, 0.15) is 0 Å². The number of thiophene rings is 1. The van der Waals surface area contributed by atoms with Gasteiger partial charge in [-0.2, -0.15) is 11.3 Å². The van der Waals surface area contributed by atoms with Crippen LogP contribution in [0.1, 0.15) is 30.5 Å². The van der Waals surface area contributed by atoms with Gasteiger partial charge in [-0.25, -0.2) is 0 Å². The zero-order valence-electron chi connectivity index (χ0n) is 10.5. The minimum atomic E-state index is 0.346. The Morgan fingerprint density at radius 3 is 2.89 bits per heavy atom. The first-order valence-electron chi connectivity index (χ1n) is 6.29. The molecular formula is C15H18ClNS. The number of benzene rings is 1. The molecule has 96 valence electrons. The van der Waals surface area contributed by atoms with Crippen LogP contribution in [0.4, 0.5) is 0 Å². The van der Waals surface area contributed by atoms with Gasteiger partial charge in [0.15, 0.2) is 0 Å². The Hall–Kier alpha value is -0.830. The average molecular weight is 280 g/mol. The van der Waals surface area contributed by atoms with Gasteiger partial charge in [0.05, 0.1) is 0 Å². The smallest absolute Gasteiger partial charge is 0.0409 e. The van der Waals surface area contributed by atoms with Crippen LogP contribution < -0.4 is 5.32 Å². The second-order valence-electron chi connectivity index (χ2n) is 4.40. The van der Waals surface area contributed by atoms with Crippen molar-refractivity contribution in [2.45, 2.75) is 25.8 Å². The summed E-state index contributed by atoms with van der Waals surface area (Å²) in [6.07, 6.45) is 2.16. The van der Waals surface area contributed by atoms with E-state index in [2.05, 4.69) is 41.2 Å². The quantitative estimate of drug-likeness (QED) is 0.809. The summed E-state index contributed by atoms with van der Waals surface area (Å²) in [5.74, 6) is 0. The summed E-state index contributed by atoms with van der Waals surface area (Å²) in [5.41, 5.74) is 2.65. The van der Waals surface area contributed by atoms with Crippen molar-refractivity contribution in [2.75, 3.05) is 6.54 Å². The molecule has 1 aromatic carbocycles. The fourth-order valence-corrected chi connectivity index (χ4v) is 2.87. The Balaban J connectivity index is 2.13. The van der Waals surface area contributed by atoms with Crippen LogP contribution >= 0.6 is 22.9 Å². The highest BCUT2D eigenvalue weighted by Crippen LogP contribution is 2.22. The van der Waals surface area contributed by atoms with Crippen LogP contribution in [-0.4, -0.2) is 6.54 Å². The molecule has 2 aromatic rings. The van der Waals surface area contributed by atoms with Gasteiger partial charge in [-0.1, -0.05) is 30.7 Å². The van der Waals surface area contributed by atoms with E-state index in [-0.39, 0.29) is 0 Å². The lowest BCUT2D eigenvalue weighted by molar-refractivity contribution is 0.530. The molecule has 2 rings (SSSR count). The second-order valence-corrected chi connectivity index (χ2v) is 5.61. The molecule has 0 spiro atoms. The molecule has 1 atom stereocenters. The predicted octanol–water partition coefficient (Wildman–Crippen LogP) is 4.68. The molecule has 0 aliphatic rings. The van der Waals surface area contributed by atoms with Crippen molar-refractivity contribution < 1.29 is 0 Å². The molecule has 1 heterocycles. The van der Waals surface area contributed by atoms with Gasteiger partial charge in [-0.3, -0.25) is 0 Å². The van der Waals surface area contributed by atoms with Crippen molar-refractivity contribution in [1.82, 2.24) is 5.32 Å². The number of halogens is 1. The maximum atomic E-state index is 6.08. The van der Waals surface area contributed by atoms with Gasteiger partial charge >= 0.3 is 0 Å². The average Bonchev–Trinajstić information content (AvgIpc) is 2.87. The standard InChI is InChI=1S/C15H18ClNS/c1-2-7-17-15(9-12-6-8-18-11-12)13-4-3-5-14(16)10-13/h3-6,8,10-11,15,17H,2,7,9H2,1H3. The van der Waals surface area contributed by atoms with E-state index < -0.39 is 0 Å². The molecule has 1 N–H and O–H groups in total. The number of nitrogens with one attached hydrogen (secondary N) is 1. The largest absolute Gasteiger partial charge is 0.310 e. The van der Waals surface area contributed by atoms with Crippen molar-refractivity contribution in [2.24, 2.45) is 0 Å². The zero-order chi connectivity index (χ0) is 12.8. The summed E-state index contributed by atoms with van der Waals surface area (Å²) in [4.78, 5) is 0. The van der Waals surface area contributed by atoms with Gasteiger partial charge in [-0.05, 0) is 59.5 Å². The van der Waals surface area contributed by atoms with Crippen molar-refractivity contribution in [1.29, 1.82) is 0 Å². The molecule has 1 unspecified atom stereocenters. The van der Waals surface area contributed by atoms with Crippen molar-refractivity contribution >= 4 is 22.9 Å². The predicted molar refractivity (Wildman–Crippen MR) is 80.5 cm³/mol. The van der Waals surface area contributed by atoms with Crippen LogP contribution in [0.25, 0.3) is 0 Å². The fraction of sp³-hybridized carbons (Fsp3) is 0.333. The van der Waals surface area contributed by atoms with Crippen LogP contribution in [0.5, 0.6) is 0 Å². The Labute approximate surface area is 118 Å². The van der Waals surface area contributed by atoms with E-state index in [1.54, 1.807) is 11.3 Å². The summed E-state index contributed by atoms with van der Waals surface area (Å²) >= 11 is 7.83. The summed E-state index contributed by atoms with van der Waals surface area (Å²) in [5, 5.41) is 8.75. The lowest BCUT2D eigenvalue weighted by atomic mass is 10.0. The molecule has 0 bridgehead atoms. The fourth-order valence-electron chi connectivity index (χ4n) is 1.99. The van der Waals surface area contributed by atoms with Gasteiger partial charge in [0, 0.05) is 11.1 Å². The van der Waals surface area contributed by atoms with Gasteiger partial charge in [0.2, 0.25) is 0 Å². The van der Waals surface area contributed by atoms with Crippen LogP contribution in [0.2, 0.25) is 5.02 Å². The SMILES string of the molecule is CCCNC(Cc1ccsc1)c1cccc(Cl)c1. The summed E-state index contributed by atoms with van der Waals surface area (Å²) in [6, 6.07) is 10.7. The normalized spacial score (nSPS) is 12.6. The molecular weight excluding hydrogens is 262 g/mol. The molecule has 0 fully saturated rings. The van der Waals surface area contributed by atoms with E-state index in [1.165, 1.54) is 11.1 Å². The highest BCUT2D eigenvalue weighted by atomic mass is 35.5. The first-order valence-corrected chi connectivity index (χ1v) is 7.61. The summed E-state index contributed by atoms with van der Waals surface area (Å²) in [6.45, 7) is 3.22. The molecule has 0 amide bonds. The maximum absolute atomic E-state index is 6.08. The Bertz CT molecular complexity index is 467. The van der Waals surface area contributed by atoms with Crippen molar-refractivity contribution in [3.63, 3.8) is 0 Å². The lowest BCUT2D eigenvalue weighted by Crippen LogP contribution is -2.23. The summed E-state index contributed by atoms with van der Waals surface area (Å²) in [7, 11) is 0. The number of rotatable bonds is 6. The Morgan fingerprint density at radius 2 is 2.22 bits per heavy atom. The topological polar surface area (TPSA) is 12.0 Å². The van der Waals surface area contributed by atoms with E-state index in [4.69, 9.17) is 11.6 Å². The van der Waals surface area contributed by atoms with E-state index in [1.807, 2.05) is 12.1 Å². The zero-order valence-corrected chi connectivity index (χ0v) is 12.1. The molecule has 0 aliphatic heterocycles. The molecule has 0 aliphatic carbocycles. The lowest BCUT2D eigenvalue weighted by Gasteiger charge is -2.18. The van der Waals surface area contributed by atoms with Gasteiger partial charge < -0.3 is 5.32 Å². The second kappa shape index (κ2) is 6.93. The first kappa shape index (κ1) is 13.6. The number of hydrogen-bond acceptors (Lipinski definition) is 2. The monoisotopic (exact) mass is 279 g/mol. The van der Waals surface area contributed by atoms with Crippen molar-refractivity contribution in [3.05, 3.63) is 57.2 Å². The minimum Gasteiger partial charge on any atom is -0.310 e. The third-order valence-electron chi connectivity index (χ3n) is 2.91. The van der Waals surface area contributed by atoms with Crippen molar-refractivity contribution in [3.8, 4) is 0 Å². The first-order chi connectivity index (χ1) is 8.79. The molecule has 1 aromatic heterocycles. The van der Waals surface area contributed by atoms with E-state index >= 15 is 0 Å². The highest BCUT2D eigenvalue weighted by molar-refractivity contribution is 7.07. The molecule has 1 nitrogen and oxygen atoms in total. The molecule has 3 heteroatoms. The Kier molecular flexibility index (Phi) is 5.24. The van der Waals surface area contributed by atoms with Crippen LogP contribution in [0, 0.1) is 0 Å². The maximum Gasteiger partial charge on any atom is 0.0409 e. The third-order valence-corrected chi connectivity index (χ3v) is 3.88. The van der Waals surface area contributed by atoms with E-state index in [9.17, 15) is 0 Å². The Morgan fingerprint density at radius 1 is 1.33 bits per heavy atom. The number of hydrogen-bond donors (Lipinski definition) is 1. The van der Waals surface area contributed by atoms with Crippen LogP contribution in [-0.2, 0) is 6.42 Å². The molecule has 0 saturated heterocycles. The van der Waals surface area contributed by atoms with E-state index in [0.717, 1.165) is 24.4 Å². The van der Waals surface area contributed by atoms with Gasteiger partial charge in [-0.15, -0.1) is 0 Å². The molecule has 0 saturated carbocycles. The van der Waals surface area contributed by atoms with Gasteiger partial charge in [0.25, 0.3) is 0 Å². The van der Waals surface area contributed by atoms with Crippen LogP contribution in [0.15, 0.2) is 41.1 Å². The molecule has 0 radical (unpaired) electrons. The summed E-state index contributed by atoms with van der Waals surface area (Å²) < 4.78 is 0. The molecule has 18 heavy (non-hydrogen) atoms. The van der Waals surface area contributed by atoms with E-state index in [0.29, 0.717) is 6.04 Å². The minimum absolute atomic E-state index is 0.346. The highest BCUT2D eigenvalue weighted by Gasteiger charge is 2.12.